The molecule has 1 aliphatic heterocycles. The average molecular weight is 275 g/mol. The number of benzene rings is 1. The highest BCUT2D eigenvalue weighted by molar-refractivity contribution is 5.76. The van der Waals surface area contributed by atoms with Gasteiger partial charge in [0.25, 0.3) is 0 Å². The van der Waals surface area contributed by atoms with Crippen LogP contribution in [0.25, 0.3) is 0 Å². The van der Waals surface area contributed by atoms with Crippen molar-refractivity contribution in [2.24, 2.45) is 0 Å². The summed E-state index contributed by atoms with van der Waals surface area (Å²) in [5.41, 5.74) is 2.46. The van der Waals surface area contributed by atoms with Crippen LogP contribution in [0.3, 0.4) is 0 Å². The summed E-state index contributed by atoms with van der Waals surface area (Å²) in [6, 6.07) is 8.62. The van der Waals surface area contributed by atoms with Gasteiger partial charge in [0, 0.05) is 58.1 Å². The first-order valence-electron chi connectivity index (χ1n) is 7.42. The minimum Gasteiger partial charge on any atom is -0.378 e. The number of piperazine rings is 1. The Bertz CT molecular complexity index is 434. The molecule has 0 saturated carbocycles. The molecule has 1 saturated heterocycles. The number of rotatable bonds is 4. The Morgan fingerprint density at radius 1 is 1.10 bits per heavy atom. The van der Waals surface area contributed by atoms with E-state index in [9.17, 15) is 4.79 Å². The Kier molecular flexibility index (Phi) is 4.88. The fourth-order valence-corrected chi connectivity index (χ4v) is 2.55. The fourth-order valence-electron chi connectivity index (χ4n) is 2.55. The number of carbonyl (C=O) groups is 1. The lowest BCUT2D eigenvalue weighted by atomic mass is 10.2. The van der Waals surface area contributed by atoms with Crippen LogP contribution in [0.1, 0.15) is 19.8 Å². The van der Waals surface area contributed by atoms with Gasteiger partial charge in [0.05, 0.1) is 0 Å². The lowest BCUT2D eigenvalue weighted by molar-refractivity contribution is -0.131. The van der Waals surface area contributed by atoms with Gasteiger partial charge in [-0.3, -0.25) is 4.79 Å². The largest absolute Gasteiger partial charge is 0.378 e. The molecule has 1 heterocycles. The van der Waals surface area contributed by atoms with E-state index in [4.69, 9.17) is 0 Å². The predicted molar refractivity (Wildman–Crippen MR) is 84.5 cm³/mol. The van der Waals surface area contributed by atoms with Crippen molar-refractivity contribution >= 4 is 17.3 Å². The van der Waals surface area contributed by atoms with Crippen LogP contribution >= 0.6 is 0 Å². The third kappa shape index (κ3) is 3.44. The molecule has 1 amide bonds. The maximum absolute atomic E-state index is 11.9. The van der Waals surface area contributed by atoms with Crippen LogP contribution in [0.4, 0.5) is 11.4 Å². The molecular weight excluding hydrogens is 250 g/mol. The number of anilines is 2. The van der Waals surface area contributed by atoms with E-state index < -0.39 is 0 Å². The van der Waals surface area contributed by atoms with E-state index in [0.29, 0.717) is 12.3 Å². The zero-order valence-electron chi connectivity index (χ0n) is 12.8. The second-order valence-corrected chi connectivity index (χ2v) is 5.53. The summed E-state index contributed by atoms with van der Waals surface area (Å²) < 4.78 is 0. The highest BCUT2D eigenvalue weighted by atomic mass is 16.2. The molecule has 2 rings (SSSR count). The molecule has 1 fully saturated rings. The van der Waals surface area contributed by atoms with Crippen LogP contribution in [-0.2, 0) is 4.79 Å². The first-order chi connectivity index (χ1) is 9.61. The van der Waals surface area contributed by atoms with Gasteiger partial charge in [0.1, 0.15) is 0 Å². The van der Waals surface area contributed by atoms with Crippen LogP contribution in [0.5, 0.6) is 0 Å². The molecule has 0 spiro atoms. The molecule has 4 nitrogen and oxygen atoms in total. The van der Waals surface area contributed by atoms with Gasteiger partial charge in [-0.25, -0.2) is 0 Å². The molecule has 110 valence electrons. The fraction of sp³-hybridized carbons (Fsp3) is 0.562. The Labute approximate surface area is 122 Å². The molecule has 0 aliphatic carbocycles. The molecule has 1 aromatic rings. The Morgan fingerprint density at radius 3 is 2.20 bits per heavy atom. The van der Waals surface area contributed by atoms with Crippen LogP contribution < -0.4 is 9.80 Å². The molecular formula is C16H25N3O. The molecule has 1 aromatic carbocycles. The van der Waals surface area contributed by atoms with Gasteiger partial charge in [0.2, 0.25) is 5.91 Å². The quantitative estimate of drug-likeness (QED) is 0.843. The van der Waals surface area contributed by atoms with Gasteiger partial charge in [-0.2, -0.15) is 0 Å². The molecule has 1 aliphatic rings. The van der Waals surface area contributed by atoms with E-state index >= 15 is 0 Å². The van der Waals surface area contributed by atoms with Crippen molar-refractivity contribution in [2.45, 2.75) is 19.8 Å². The first kappa shape index (κ1) is 14.7. The molecule has 0 radical (unpaired) electrons. The van der Waals surface area contributed by atoms with Crippen molar-refractivity contribution in [1.29, 1.82) is 0 Å². The second-order valence-electron chi connectivity index (χ2n) is 5.53. The number of amides is 1. The maximum Gasteiger partial charge on any atom is 0.222 e. The van der Waals surface area contributed by atoms with Crippen LogP contribution in [0, 0.1) is 0 Å². The first-order valence-corrected chi connectivity index (χ1v) is 7.42. The minimum absolute atomic E-state index is 0.301. The third-order valence-corrected chi connectivity index (χ3v) is 3.83. The van der Waals surface area contributed by atoms with E-state index in [1.54, 1.807) is 0 Å². The third-order valence-electron chi connectivity index (χ3n) is 3.83. The molecule has 0 bridgehead atoms. The van der Waals surface area contributed by atoms with Crippen LogP contribution in [-0.4, -0.2) is 51.1 Å². The van der Waals surface area contributed by atoms with Crippen LogP contribution in [0.15, 0.2) is 24.3 Å². The molecule has 0 N–H and O–H groups in total. The summed E-state index contributed by atoms with van der Waals surface area (Å²) in [6.07, 6.45) is 1.61. The predicted octanol–water partition coefficient (Wildman–Crippen LogP) is 2.20. The summed E-state index contributed by atoms with van der Waals surface area (Å²) >= 11 is 0. The molecule has 0 atom stereocenters. The Morgan fingerprint density at radius 2 is 1.70 bits per heavy atom. The Balaban J connectivity index is 1.91. The summed E-state index contributed by atoms with van der Waals surface area (Å²) in [6.45, 7) is 5.59. The van der Waals surface area contributed by atoms with Gasteiger partial charge in [-0.15, -0.1) is 0 Å². The van der Waals surface area contributed by atoms with E-state index in [1.165, 1.54) is 11.4 Å². The second kappa shape index (κ2) is 6.64. The van der Waals surface area contributed by atoms with Crippen molar-refractivity contribution in [2.75, 3.05) is 50.1 Å². The monoisotopic (exact) mass is 275 g/mol. The van der Waals surface area contributed by atoms with Crippen molar-refractivity contribution in [3.8, 4) is 0 Å². The number of hydrogen-bond donors (Lipinski definition) is 0. The number of carbonyl (C=O) groups excluding carboxylic acids is 1. The Hall–Kier alpha value is -1.71. The molecule has 0 aromatic heterocycles. The number of nitrogens with zero attached hydrogens (tertiary/aromatic N) is 3. The minimum atomic E-state index is 0.301. The maximum atomic E-state index is 11.9. The van der Waals surface area contributed by atoms with E-state index in [1.807, 2.05) is 19.0 Å². The summed E-state index contributed by atoms with van der Waals surface area (Å²) in [7, 11) is 4.10. The summed E-state index contributed by atoms with van der Waals surface area (Å²) in [5.74, 6) is 0.301. The van der Waals surface area contributed by atoms with E-state index in [2.05, 4.69) is 41.0 Å². The zero-order chi connectivity index (χ0) is 14.5. The lowest BCUT2D eigenvalue weighted by Crippen LogP contribution is -2.48. The van der Waals surface area contributed by atoms with Gasteiger partial charge in [0.15, 0.2) is 0 Å². The highest BCUT2D eigenvalue weighted by Crippen LogP contribution is 2.20. The summed E-state index contributed by atoms with van der Waals surface area (Å²) in [5, 5.41) is 0. The van der Waals surface area contributed by atoms with Crippen molar-refractivity contribution < 1.29 is 4.79 Å². The smallest absolute Gasteiger partial charge is 0.222 e. The van der Waals surface area contributed by atoms with Crippen molar-refractivity contribution in [1.82, 2.24) is 4.90 Å². The molecule has 4 heteroatoms. The average Bonchev–Trinajstić information content (AvgIpc) is 2.48. The van der Waals surface area contributed by atoms with E-state index in [0.717, 1.165) is 32.6 Å². The number of hydrogen-bond acceptors (Lipinski definition) is 3. The molecule has 20 heavy (non-hydrogen) atoms. The zero-order valence-corrected chi connectivity index (χ0v) is 12.8. The highest BCUT2D eigenvalue weighted by Gasteiger charge is 2.20. The van der Waals surface area contributed by atoms with E-state index in [-0.39, 0.29) is 0 Å². The topological polar surface area (TPSA) is 26.8 Å². The van der Waals surface area contributed by atoms with Gasteiger partial charge < -0.3 is 14.7 Å². The standard InChI is InChI=1S/C16H25N3O/c1-4-5-16(20)19-12-10-18(11-13-19)15-8-6-14(7-9-15)17(2)3/h6-9H,4-5,10-13H2,1-3H3. The SMILES string of the molecule is CCCC(=O)N1CCN(c2ccc(N(C)C)cc2)CC1. The molecule has 0 unspecified atom stereocenters. The van der Waals surface area contributed by atoms with Crippen molar-refractivity contribution in [3.63, 3.8) is 0 Å². The summed E-state index contributed by atoms with van der Waals surface area (Å²) in [4.78, 5) is 18.3. The van der Waals surface area contributed by atoms with Crippen LogP contribution in [0.2, 0.25) is 0 Å². The normalized spacial score (nSPS) is 15.3. The lowest BCUT2D eigenvalue weighted by Gasteiger charge is -2.36. The van der Waals surface area contributed by atoms with Gasteiger partial charge >= 0.3 is 0 Å². The van der Waals surface area contributed by atoms with Gasteiger partial charge in [-0.05, 0) is 30.7 Å². The van der Waals surface area contributed by atoms with Gasteiger partial charge in [-0.1, -0.05) is 6.92 Å². The van der Waals surface area contributed by atoms with Crippen molar-refractivity contribution in [3.05, 3.63) is 24.3 Å².